The Bertz CT molecular complexity index is 276. The molecule has 0 saturated carbocycles. The van der Waals surface area contributed by atoms with Gasteiger partial charge in [0.1, 0.15) is 6.67 Å². The van der Waals surface area contributed by atoms with E-state index >= 15 is 0 Å². The molecule has 0 aliphatic rings. The highest BCUT2D eigenvalue weighted by Gasteiger charge is 2.00. The number of benzene rings is 1. The molecule has 82 valence electrons. The minimum Gasteiger partial charge on any atom is -0.343 e. The zero-order valence-corrected chi connectivity index (χ0v) is 8.73. The topological polar surface area (TPSA) is 20.3 Å². The second-order valence-electron chi connectivity index (χ2n) is 3.42. The quantitative estimate of drug-likeness (QED) is 0.629. The highest BCUT2D eigenvalue weighted by atomic mass is 19.1. The number of rotatable bonds is 7. The average molecular weight is 209 g/mol. The molecule has 15 heavy (non-hydrogen) atoms. The molecular formula is C12H16FNO. The molecule has 1 rings (SSSR count). The summed E-state index contributed by atoms with van der Waals surface area (Å²) in [6.07, 6.45) is 2.52. The summed E-state index contributed by atoms with van der Waals surface area (Å²) in [6, 6.07) is 10.1. The van der Waals surface area contributed by atoms with Gasteiger partial charge < -0.3 is 4.90 Å². The third-order valence-electron chi connectivity index (χ3n) is 2.27. The van der Waals surface area contributed by atoms with Gasteiger partial charge in [0, 0.05) is 13.1 Å². The monoisotopic (exact) mass is 209 g/mol. The average Bonchev–Trinajstić information content (AvgIpc) is 2.29. The summed E-state index contributed by atoms with van der Waals surface area (Å²) >= 11 is 0. The Hall–Kier alpha value is -1.38. The summed E-state index contributed by atoms with van der Waals surface area (Å²) < 4.78 is 12.0. The first-order valence-corrected chi connectivity index (χ1v) is 5.16. The molecule has 0 fully saturated rings. The van der Waals surface area contributed by atoms with E-state index in [1.807, 2.05) is 18.2 Å². The summed E-state index contributed by atoms with van der Waals surface area (Å²) in [5, 5.41) is 0. The Kier molecular flexibility index (Phi) is 5.44. The van der Waals surface area contributed by atoms with Crippen LogP contribution in [0, 0.1) is 0 Å². The van der Waals surface area contributed by atoms with Crippen LogP contribution in [0.25, 0.3) is 0 Å². The number of nitrogens with zero attached hydrogens (tertiary/aromatic N) is 1. The van der Waals surface area contributed by atoms with Gasteiger partial charge in [0.05, 0.1) is 0 Å². The van der Waals surface area contributed by atoms with Crippen LogP contribution in [-0.4, -0.2) is 31.1 Å². The first-order valence-electron chi connectivity index (χ1n) is 5.16. The van der Waals surface area contributed by atoms with Gasteiger partial charge in [0.25, 0.3) is 0 Å². The lowest BCUT2D eigenvalue weighted by molar-refractivity contribution is -0.118. The van der Waals surface area contributed by atoms with Crippen molar-refractivity contribution in [2.45, 2.75) is 12.8 Å². The molecule has 0 saturated heterocycles. The fourth-order valence-corrected chi connectivity index (χ4v) is 1.46. The summed E-state index contributed by atoms with van der Waals surface area (Å²) in [5.74, 6) is 0. The minimum absolute atomic E-state index is 0.207. The molecule has 0 radical (unpaired) electrons. The van der Waals surface area contributed by atoms with Crippen molar-refractivity contribution < 1.29 is 9.18 Å². The van der Waals surface area contributed by atoms with Gasteiger partial charge in [-0.15, -0.1) is 0 Å². The molecule has 2 nitrogen and oxygen atoms in total. The van der Waals surface area contributed by atoms with Crippen LogP contribution < -0.4 is 0 Å². The summed E-state index contributed by atoms with van der Waals surface area (Å²) in [7, 11) is 0. The molecule has 0 aliphatic heterocycles. The van der Waals surface area contributed by atoms with Crippen LogP contribution in [0.3, 0.4) is 0 Å². The second-order valence-corrected chi connectivity index (χ2v) is 3.42. The van der Waals surface area contributed by atoms with Crippen LogP contribution in [0.2, 0.25) is 0 Å². The fraction of sp³-hybridized carbons (Fsp3) is 0.417. The highest BCUT2D eigenvalue weighted by Crippen LogP contribution is 2.02. The first-order chi connectivity index (χ1) is 7.36. The lowest BCUT2D eigenvalue weighted by Crippen LogP contribution is -2.25. The molecule has 1 aromatic carbocycles. The number of hydrogen-bond donors (Lipinski definition) is 0. The van der Waals surface area contributed by atoms with Crippen LogP contribution in [0.5, 0.6) is 0 Å². The van der Waals surface area contributed by atoms with E-state index in [1.165, 1.54) is 10.5 Å². The number of carbonyl (C=O) groups is 1. The number of hydrogen-bond acceptors (Lipinski definition) is 1. The third kappa shape index (κ3) is 4.58. The van der Waals surface area contributed by atoms with Crippen molar-refractivity contribution in [2.75, 3.05) is 19.8 Å². The van der Waals surface area contributed by atoms with Gasteiger partial charge in [-0.2, -0.15) is 0 Å². The molecule has 0 aliphatic carbocycles. The van der Waals surface area contributed by atoms with Crippen molar-refractivity contribution in [2.24, 2.45) is 0 Å². The Balaban J connectivity index is 2.23. The molecule has 0 unspecified atom stereocenters. The number of amides is 1. The van der Waals surface area contributed by atoms with Crippen LogP contribution in [-0.2, 0) is 11.2 Å². The van der Waals surface area contributed by atoms with Crippen molar-refractivity contribution in [1.82, 2.24) is 4.90 Å². The van der Waals surface area contributed by atoms with Gasteiger partial charge >= 0.3 is 0 Å². The van der Waals surface area contributed by atoms with Gasteiger partial charge in [-0.05, 0) is 18.4 Å². The largest absolute Gasteiger partial charge is 0.343 e. The zero-order chi connectivity index (χ0) is 10.9. The van der Waals surface area contributed by atoms with Gasteiger partial charge in [0.15, 0.2) is 0 Å². The van der Waals surface area contributed by atoms with Gasteiger partial charge in [-0.3, -0.25) is 4.79 Å². The van der Waals surface area contributed by atoms with E-state index in [0.29, 0.717) is 13.0 Å². The standard InChI is InChI=1S/C12H16FNO/c13-8-10-14(11-15)9-4-7-12-5-2-1-3-6-12/h1-3,5-6,11H,4,7-10H2. The molecule has 3 heteroatoms. The van der Waals surface area contributed by atoms with Crippen molar-refractivity contribution >= 4 is 6.41 Å². The predicted octanol–water partition coefficient (Wildman–Crippen LogP) is 2.05. The normalized spacial score (nSPS) is 9.93. The molecular weight excluding hydrogens is 193 g/mol. The SMILES string of the molecule is O=CN(CCF)CCCc1ccccc1. The molecule has 0 bridgehead atoms. The minimum atomic E-state index is -0.468. The van der Waals surface area contributed by atoms with Crippen LogP contribution in [0.4, 0.5) is 4.39 Å². The number of aryl methyl sites for hydroxylation is 1. The van der Waals surface area contributed by atoms with Gasteiger partial charge in [0.2, 0.25) is 6.41 Å². The van der Waals surface area contributed by atoms with E-state index in [-0.39, 0.29) is 6.54 Å². The smallest absolute Gasteiger partial charge is 0.209 e. The maximum atomic E-state index is 12.0. The molecule has 0 spiro atoms. The fourth-order valence-electron chi connectivity index (χ4n) is 1.46. The van der Waals surface area contributed by atoms with Crippen molar-refractivity contribution in [3.8, 4) is 0 Å². The highest BCUT2D eigenvalue weighted by molar-refractivity contribution is 5.46. The molecule has 0 heterocycles. The van der Waals surface area contributed by atoms with Crippen molar-refractivity contribution in [3.05, 3.63) is 35.9 Å². The summed E-state index contributed by atoms with van der Waals surface area (Å²) in [5.41, 5.74) is 1.25. The number of halogens is 1. The Morgan fingerprint density at radius 3 is 2.53 bits per heavy atom. The lowest BCUT2D eigenvalue weighted by atomic mass is 10.1. The second kappa shape index (κ2) is 6.98. The Labute approximate surface area is 89.7 Å². The maximum absolute atomic E-state index is 12.0. The molecule has 1 amide bonds. The van der Waals surface area contributed by atoms with Crippen molar-refractivity contribution in [1.29, 1.82) is 0 Å². The predicted molar refractivity (Wildman–Crippen MR) is 58.4 cm³/mol. The molecule has 0 aromatic heterocycles. The van der Waals surface area contributed by atoms with E-state index in [2.05, 4.69) is 12.1 Å². The van der Waals surface area contributed by atoms with Gasteiger partial charge in [-0.25, -0.2) is 4.39 Å². The Morgan fingerprint density at radius 2 is 1.93 bits per heavy atom. The first kappa shape index (κ1) is 11.7. The zero-order valence-electron chi connectivity index (χ0n) is 8.73. The van der Waals surface area contributed by atoms with E-state index in [9.17, 15) is 9.18 Å². The van der Waals surface area contributed by atoms with E-state index in [1.54, 1.807) is 0 Å². The van der Waals surface area contributed by atoms with E-state index in [0.717, 1.165) is 12.8 Å². The number of carbonyl (C=O) groups excluding carboxylic acids is 1. The summed E-state index contributed by atoms with van der Waals surface area (Å²) in [6.45, 7) is 0.366. The Morgan fingerprint density at radius 1 is 1.20 bits per heavy atom. The van der Waals surface area contributed by atoms with Crippen LogP contribution in [0.1, 0.15) is 12.0 Å². The third-order valence-corrected chi connectivity index (χ3v) is 2.27. The molecule has 1 aromatic rings. The van der Waals surface area contributed by atoms with Gasteiger partial charge in [-0.1, -0.05) is 30.3 Å². The lowest BCUT2D eigenvalue weighted by Gasteiger charge is -2.14. The maximum Gasteiger partial charge on any atom is 0.209 e. The van der Waals surface area contributed by atoms with Crippen LogP contribution in [0.15, 0.2) is 30.3 Å². The molecule has 0 atom stereocenters. The molecule has 0 N–H and O–H groups in total. The number of alkyl halides is 1. The van der Waals surface area contributed by atoms with E-state index < -0.39 is 6.67 Å². The van der Waals surface area contributed by atoms with Crippen LogP contribution >= 0.6 is 0 Å². The van der Waals surface area contributed by atoms with Crippen molar-refractivity contribution in [3.63, 3.8) is 0 Å². The summed E-state index contributed by atoms with van der Waals surface area (Å²) in [4.78, 5) is 12.0. The van der Waals surface area contributed by atoms with E-state index in [4.69, 9.17) is 0 Å².